The van der Waals surface area contributed by atoms with E-state index in [4.69, 9.17) is 4.42 Å². The van der Waals surface area contributed by atoms with Crippen LogP contribution in [0.25, 0.3) is 11.1 Å². The molecule has 1 N–H and O–H groups in total. The number of nitrogens with one attached hydrogen (secondary N) is 1. The van der Waals surface area contributed by atoms with Crippen molar-refractivity contribution in [2.75, 3.05) is 5.32 Å². The van der Waals surface area contributed by atoms with Crippen LogP contribution in [0.15, 0.2) is 34.8 Å². The van der Waals surface area contributed by atoms with Crippen molar-refractivity contribution in [2.24, 2.45) is 17.8 Å². The predicted octanol–water partition coefficient (Wildman–Crippen LogP) is 4.40. The highest BCUT2D eigenvalue weighted by Gasteiger charge is 2.38. The van der Waals surface area contributed by atoms with Gasteiger partial charge in [0.2, 0.25) is 0 Å². The van der Waals surface area contributed by atoms with E-state index in [1.54, 1.807) is 0 Å². The number of hydrogen-bond donors (Lipinski definition) is 1. The van der Waals surface area contributed by atoms with Crippen molar-refractivity contribution in [2.45, 2.75) is 39.2 Å². The van der Waals surface area contributed by atoms with Crippen molar-refractivity contribution < 1.29 is 4.42 Å². The first-order chi connectivity index (χ1) is 10.2. The highest BCUT2D eigenvalue weighted by Crippen LogP contribution is 2.45. The van der Waals surface area contributed by atoms with Gasteiger partial charge in [0, 0.05) is 18.2 Å². The second-order valence-corrected chi connectivity index (χ2v) is 6.52. The summed E-state index contributed by atoms with van der Waals surface area (Å²) in [7, 11) is 0. The maximum atomic E-state index is 5.67. The first kappa shape index (κ1) is 12.9. The van der Waals surface area contributed by atoms with Gasteiger partial charge in [0.1, 0.15) is 5.52 Å². The van der Waals surface area contributed by atoms with Crippen LogP contribution in [0.5, 0.6) is 0 Å². The smallest absolute Gasteiger partial charge is 0.195 e. The van der Waals surface area contributed by atoms with E-state index in [1.807, 2.05) is 6.07 Å². The van der Waals surface area contributed by atoms with Gasteiger partial charge in [-0.1, -0.05) is 19.1 Å². The van der Waals surface area contributed by atoms with Crippen molar-refractivity contribution in [1.82, 2.24) is 4.98 Å². The fourth-order valence-corrected chi connectivity index (χ4v) is 3.98. The third kappa shape index (κ3) is 2.25. The number of anilines is 1. The second-order valence-electron chi connectivity index (χ2n) is 6.52. The van der Waals surface area contributed by atoms with Crippen LogP contribution in [0.4, 0.5) is 5.69 Å². The van der Waals surface area contributed by atoms with E-state index in [9.17, 15) is 0 Å². The Morgan fingerprint density at radius 3 is 2.95 bits per heavy atom. The standard InChI is InChI=1S/C18H22N2O/c1-3-18-20-16-10-14(6-7-17(16)21-18)19-11(2)15-9-12-4-5-13(15)8-12/h4-7,10-13,15,19H,3,8-9H2,1-2H3. The lowest BCUT2D eigenvalue weighted by Gasteiger charge is -2.27. The third-order valence-electron chi connectivity index (χ3n) is 5.10. The van der Waals surface area contributed by atoms with Crippen molar-refractivity contribution in [3.05, 3.63) is 36.2 Å². The summed E-state index contributed by atoms with van der Waals surface area (Å²) in [6, 6.07) is 6.74. The van der Waals surface area contributed by atoms with Crippen LogP contribution < -0.4 is 5.32 Å². The monoisotopic (exact) mass is 282 g/mol. The first-order valence-corrected chi connectivity index (χ1v) is 8.07. The molecule has 2 bridgehead atoms. The van der Waals surface area contributed by atoms with Crippen LogP contribution in [0.3, 0.4) is 0 Å². The molecule has 1 aromatic heterocycles. The van der Waals surface area contributed by atoms with Crippen LogP contribution >= 0.6 is 0 Å². The third-order valence-corrected chi connectivity index (χ3v) is 5.10. The van der Waals surface area contributed by atoms with E-state index < -0.39 is 0 Å². The van der Waals surface area contributed by atoms with E-state index >= 15 is 0 Å². The average Bonchev–Trinajstić information content (AvgIpc) is 3.20. The quantitative estimate of drug-likeness (QED) is 0.844. The minimum Gasteiger partial charge on any atom is -0.441 e. The normalized spacial score (nSPS) is 28.4. The fraction of sp³-hybridized carbons (Fsp3) is 0.500. The second kappa shape index (κ2) is 4.90. The summed E-state index contributed by atoms with van der Waals surface area (Å²) >= 11 is 0. The predicted molar refractivity (Wildman–Crippen MR) is 85.3 cm³/mol. The van der Waals surface area contributed by atoms with Gasteiger partial charge in [-0.25, -0.2) is 4.98 Å². The van der Waals surface area contributed by atoms with E-state index in [2.05, 4.69) is 48.4 Å². The summed E-state index contributed by atoms with van der Waals surface area (Å²) in [5, 5.41) is 3.67. The Morgan fingerprint density at radius 2 is 2.24 bits per heavy atom. The fourth-order valence-electron chi connectivity index (χ4n) is 3.98. The van der Waals surface area contributed by atoms with Crippen molar-refractivity contribution >= 4 is 16.8 Å². The Labute approximate surface area is 125 Å². The molecule has 1 saturated carbocycles. The van der Waals surface area contributed by atoms with Gasteiger partial charge in [-0.05, 0) is 55.7 Å². The summed E-state index contributed by atoms with van der Waals surface area (Å²) in [5.41, 5.74) is 2.99. The van der Waals surface area contributed by atoms with E-state index in [1.165, 1.54) is 12.8 Å². The lowest BCUT2D eigenvalue weighted by Crippen LogP contribution is -2.28. The molecular formula is C18H22N2O. The van der Waals surface area contributed by atoms with E-state index in [0.29, 0.717) is 6.04 Å². The number of allylic oxidation sites excluding steroid dienone is 2. The van der Waals surface area contributed by atoms with Crippen LogP contribution in [-0.4, -0.2) is 11.0 Å². The number of nitrogens with zero attached hydrogens (tertiary/aromatic N) is 1. The maximum Gasteiger partial charge on any atom is 0.195 e. The van der Waals surface area contributed by atoms with Crippen LogP contribution in [0, 0.1) is 17.8 Å². The van der Waals surface area contributed by atoms with Gasteiger partial charge in [0.25, 0.3) is 0 Å². The molecule has 0 spiro atoms. The zero-order chi connectivity index (χ0) is 14.4. The van der Waals surface area contributed by atoms with E-state index in [0.717, 1.165) is 46.9 Å². The van der Waals surface area contributed by atoms with Crippen molar-refractivity contribution in [3.8, 4) is 0 Å². The highest BCUT2D eigenvalue weighted by molar-refractivity contribution is 5.77. The molecule has 2 aliphatic rings. The number of benzene rings is 1. The molecule has 2 aromatic rings. The van der Waals surface area contributed by atoms with Crippen molar-refractivity contribution in [1.29, 1.82) is 0 Å². The zero-order valence-electron chi connectivity index (χ0n) is 12.7. The molecule has 1 aromatic carbocycles. The summed E-state index contributed by atoms with van der Waals surface area (Å²) < 4.78 is 5.67. The molecule has 1 fully saturated rings. The Bertz CT molecular complexity index is 688. The number of fused-ring (bicyclic) bond motifs is 3. The topological polar surface area (TPSA) is 38.1 Å². The molecule has 1 heterocycles. The molecule has 3 nitrogen and oxygen atoms in total. The lowest BCUT2D eigenvalue weighted by molar-refractivity contribution is 0.400. The van der Waals surface area contributed by atoms with Crippen LogP contribution in [-0.2, 0) is 6.42 Å². The molecule has 0 radical (unpaired) electrons. The minimum absolute atomic E-state index is 0.500. The van der Waals surface area contributed by atoms with Gasteiger partial charge in [-0.15, -0.1) is 0 Å². The summed E-state index contributed by atoms with van der Waals surface area (Å²) in [6.07, 6.45) is 8.36. The molecule has 0 amide bonds. The van der Waals surface area contributed by atoms with Crippen LogP contribution in [0.1, 0.15) is 32.6 Å². The van der Waals surface area contributed by atoms with Gasteiger partial charge in [0.05, 0.1) is 0 Å². The Morgan fingerprint density at radius 1 is 1.33 bits per heavy atom. The molecule has 0 saturated heterocycles. The molecule has 0 aliphatic heterocycles. The van der Waals surface area contributed by atoms with E-state index in [-0.39, 0.29) is 0 Å². The number of rotatable bonds is 4. The van der Waals surface area contributed by atoms with Gasteiger partial charge in [-0.3, -0.25) is 0 Å². The highest BCUT2D eigenvalue weighted by atomic mass is 16.3. The Kier molecular flexibility index (Phi) is 3.02. The average molecular weight is 282 g/mol. The Hall–Kier alpha value is -1.77. The van der Waals surface area contributed by atoms with Gasteiger partial charge >= 0.3 is 0 Å². The maximum absolute atomic E-state index is 5.67. The number of aryl methyl sites for hydroxylation is 1. The van der Waals surface area contributed by atoms with Crippen LogP contribution in [0.2, 0.25) is 0 Å². The SMILES string of the molecule is CCc1nc2cc(NC(C)C3CC4C=CC3C4)ccc2o1. The molecule has 3 heteroatoms. The largest absolute Gasteiger partial charge is 0.441 e. The van der Waals surface area contributed by atoms with Gasteiger partial charge in [-0.2, -0.15) is 0 Å². The number of oxazole rings is 1. The first-order valence-electron chi connectivity index (χ1n) is 8.07. The molecule has 4 unspecified atom stereocenters. The molecule has 4 atom stereocenters. The minimum atomic E-state index is 0.500. The van der Waals surface area contributed by atoms with Gasteiger partial charge < -0.3 is 9.73 Å². The molecule has 21 heavy (non-hydrogen) atoms. The van der Waals surface area contributed by atoms with Crippen molar-refractivity contribution in [3.63, 3.8) is 0 Å². The van der Waals surface area contributed by atoms with Gasteiger partial charge in [0.15, 0.2) is 11.5 Å². The lowest BCUT2D eigenvalue weighted by atomic mass is 9.87. The Balaban J connectivity index is 1.52. The summed E-state index contributed by atoms with van der Waals surface area (Å²) in [4.78, 5) is 4.52. The summed E-state index contributed by atoms with van der Waals surface area (Å²) in [5.74, 6) is 3.18. The summed E-state index contributed by atoms with van der Waals surface area (Å²) in [6.45, 7) is 4.37. The molecule has 110 valence electrons. The number of aromatic nitrogens is 1. The number of hydrogen-bond acceptors (Lipinski definition) is 3. The molecular weight excluding hydrogens is 260 g/mol. The molecule has 2 aliphatic carbocycles. The molecule has 4 rings (SSSR count). The zero-order valence-corrected chi connectivity index (χ0v) is 12.7.